The molecule has 9 heteroatoms. The number of benzene rings is 2. The normalized spacial score (nSPS) is 14.9. The number of aromatic nitrogens is 4. The minimum atomic E-state index is -1.20. The topological polar surface area (TPSA) is 85.2 Å². The smallest absolute Gasteiger partial charge is 0.256 e. The van der Waals surface area contributed by atoms with E-state index >= 15 is 0 Å². The first-order valence-corrected chi connectivity index (χ1v) is 19.6. The molecule has 232 valence electrons. The molecule has 8 nitrogen and oxygen atoms in total. The number of carbonyl (C=O) groups is 1. The van der Waals surface area contributed by atoms with Gasteiger partial charge in [-0.25, -0.2) is 9.97 Å². The number of aryl methyl sites for hydroxylation is 1. The maximum Gasteiger partial charge on any atom is 0.256 e. The van der Waals surface area contributed by atoms with Crippen LogP contribution in [0.15, 0.2) is 91.3 Å². The number of para-hydroxylation sites is 2. The van der Waals surface area contributed by atoms with Crippen molar-refractivity contribution in [3.8, 4) is 0 Å². The molecule has 0 saturated heterocycles. The fourth-order valence-electron chi connectivity index (χ4n) is 5.99. The molecule has 1 amide bonds. The van der Waals surface area contributed by atoms with Crippen molar-refractivity contribution in [1.29, 1.82) is 0 Å². The molecule has 1 unspecified atom stereocenters. The lowest BCUT2D eigenvalue weighted by molar-refractivity contribution is 0.0824. The van der Waals surface area contributed by atoms with Crippen LogP contribution < -0.4 is 5.32 Å². The molecule has 1 aliphatic carbocycles. The third kappa shape index (κ3) is 7.73. The predicted molar refractivity (Wildman–Crippen MR) is 182 cm³/mol. The third-order valence-electron chi connectivity index (χ3n) is 8.38. The van der Waals surface area contributed by atoms with Gasteiger partial charge in [0.15, 0.2) is 0 Å². The zero-order valence-corrected chi connectivity index (χ0v) is 27.4. The van der Waals surface area contributed by atoms with Gasteiger partial charge in [0.05, 0.1) is 29.3 Å². The highest BCUT2D eigenvalue weighted by atomic mass is 28.3. The summed E-state index contributed by atoms with van der Waals surface area (Å²) >= 11 is 0. The molecule has 45 heavy (non-hydrogen) atoms. The molecule has 5 aromatic rings. The number of imidazole rings is 1. The Kier molecular flexibility index (Phi) is 9.49. The Morgan fingerprint density at radius 3 is 2.67 bits per heavy atom. The average Bonchev–Trinajstić information content (AvgIpc) is 3.39. The van der Waals surface area contributed by atoms with Crippen molar-refractivity contribution >= 4 is 30.8 Å². The Morgan fingerprint density at radius 2 is 1.82 bits per heavy atom. The van der Waals surface area contributed by atoms with Crippen molar-refractivity contribution in [1.82, 2.24) is 24.4 Å². The zero-order chi connectivity index (χ0) is 31.2. The Morgan fingerprint density at radius 1 is 0.978 bits per heavy atom. The second-order valence-electron chi connectivity index (χ2n) is 13.0. The SMILES string of the molecule is C[Si](C)(C)CCOCn1c(CN(Cc2cccc(C(=O)Nc3ccccn3)c2)C2CCCc3cccnc32)nc2ccccc21. The van der Waals surface area contributed by atoms with E-state index in [0.29, 0.717) is 31.2 Å². The van der Waals surface area contributed by atoms with E-state index in [1.807, 2.05) is 48.7 Å². The molecule has 0 bridgehead atoms. The Balaban J connectivity index is 1.31. The number of fused-ring (bicyclic) bond motifs is 2. The van der Waals surface area contributed by atoms with E-state index in [4.69, 9.17) is 14.7 Å². The van der Waals surface area contributed by atoms with Crippen molar-refractivity contribution in [3.63, 3.8) is 0 Å². The zero-order valence-electron chi connectivity index (χ0n) is 26.4. The monoisotopic (exact) mass is 618 g/mol. The Hall–Kier alpha value is -4.18. The predicted octanol–water partition coefficient (Wildman–Crippen LogP) is 7.47. The number of ether oxygens (including phenoxy) is 1. The standard InChI is InChI=1S/C36H42N6O2Si/c1-45(2,3)22-21-44-26-42-31-16-5-4-15-30(31)39-34(42)25-41(32-17-9-12-28-14-10-20-38-35(28)32)24-27-11-8-13-29(23-27)36(43)40-33-18-6-7-19-37-33/h4-8,10-11,13-16,18-20,23,32H,9,12,17,21-22,24-26H2,1-3H3,(H,37,40,43). The molecule has 0 radical (unpaired) electrons. The first-order valence-electron chi connectivity index (χ1n) is 15.9. The lowest BCUT2D eigenvalue weighted by Gasteiger charge is -2.35. The molecule has 3 heterocycles. The van der Waals surface area contributed by atoms with Crippen molar-refractivity contribution in [2.75, 3.05) is 11.9 Å². The van der Waals surface area contributed by atoms with E-state index in [1.54, 1.807) is 12.3 Å². The summed E-state index contributed by atoms with van der Waals surface area (Å²) in [7, 11) is -1.20. The molecule has 1 atom stereocenters. The Bertz CT molecular complexity index is 1750. The highest BCUT2D eigenvalue weighted by molar-refractivity contribution is 6.76. The van der Waals surface area contributed by atoms with Gasteiger partial charge in [0.2, 0.25) is 0 Å². The van der Waals surface area contributed by atoms with Crippen LogP contribution in [0.3, 0.4) is 0 Å². The van der Waals surface area contributed by atoms with Crippen LogP contribution in [0.2, 0.25) is 25.7 Å². The summed E-state index contributed by atoms with van der Waals surface area (Å²) < 4.78 is 8.50. The minimum Gasteiger partial charge on any atom is -0.361 e. The first-order chi connectivity index (χ1) is 21.8. The summed E-state index contributed by atoms with van der Waals surface area (Å²) in [5.74, 6) is 1.32. The van der Waals surface area contributed by atoms with Gasteiger partial charge >= 0.3 is 0 Å². The largest absolute Gasteiger partial charge is 0.361 e. The molecule has 1 N–H and O–H groups in total. The maximum atomic E-state index is 13.1. The van der Waals surface area contributed by atoms with Gasteiger partial charge in [0.25, 0.3) is 5.91 Å². The number of hydrogen-bond acceptors (Lipinski definition) is 6. The van der Waals surface area contributed by atoms with E-state index in [9.17, 15) is 4.79 Å². The summed E-state index contributed by atoms with van der Waals surface area (Å²) in [5.41, 5.74) is 6.16. The van der Waals surface area contributed by atoms with E-state index < -0.39 is 8.07 Å². The summed E-state index contributed by atoms with van der Waals surface area (Å²) in [6.07, 6.45) is 6.73. The second-order valence-corrected chi connectivity index (χ2v) is 18.6. The van der Waals surface area contributed by atoms with Gasteiger partial charge in [0.1, 0.15) is 18.4 Å². The van der Waals surface area contributed by atoms with Gasteiger partial charge in [-0.2, -0.15) is 0 Å². The van der Waals surface area contributed by atoms with Crippen LogP contribution in [0.25, 0.3) is 11.0 Å². The van der Waals surface area contributed by atoms with Gasteiger partial charge in [-0.05, 0) is 78.9 Å². The number of amides is 1. The maximum absolute atomic E-state index is 13.1. The third-order valence-corrected chi connectivity index (χ3v) is 10.1. The van der Waals surface area contributed by atoms with Crippen LogP contribution in [-0.2, 0) is 31.0 Å². The number of hydrogen-bond donors (Lipinski definition) is 1. The van der Waals surface area contributed by atoms with E-state index in [1.165, 1.54) is 5.56 Å². The molecule has 0 saturated carbocycles. The lowest BCUT2D eigenvalue weighted by atomic mass is 9.90. The average molecular weight is 619 g/mol. The summed E-state index contributed by atoms with van der Waals surface area (Å²) in [6, 6.07) is 27.1. The van der Waals surface area contributed by atoms with Gasteiger partial charge in [-0.3, -0.25) is 14.7 Å². The number of rotatable bonds is 12. The molecular weight excluding hydrogens is 577 g/mol. The number of pyridine rings is 2. The van der Waals surface area contributed by atoms with E-state index in [0.717, 1.165) is 60.0 Å². The highest BCUT2D eigenvalue weighted by Crippen LogP contribution is 2.35. The number of nitrogens with one attached hydrogen (secondary N) is 1. The Labute approximate surface area is 266 Å². The van der Waals surface area contributed by atoms with Crippen LogP contribution in [0.4, 0.5) is 5.82 Å². The van der Waals surface area contributed by atoms with Gasteiger partial charge in [0, 0.05) is 39.2 Å². The van der Waals surface area contributed by atoms with Gasteiger partial charge < -0.3 is 14.6 Å². The second kappa shape index (κ2) is 13.8. The molecule has 0 aliphatic heterocycles. The number of anilines is 1. The highest BCUT2D eigenvalue weighted by Gasteiger charge is 2.29. The molecule has 3 aromatic heterocycles. The molecule has 1 aliphatic rings. The van der Waals surface area contributed by atoms with Crippen molar-refractivity contribution in [2.24, 2.45) is 0 Å². The van der Waals surface area contributed by atoms with Crippen LogP contribution in [0, 0.1) is 0 Å². The summed E-state index contributed by atoms with van der Waals surface area (Å²) in [6.45, 7) is 9.61. The van der Waals surface area contributed by atoms with Gasteiger partial charge in [-0.15, -0.1) is 0 Å². The number of carbonyl (C=O) groups excluding carboxylic acids is 1. The van der Waals surface area contributed by atoms with E-state index in [2.05, 4.69) is 69.7 Å². The fourth-order valence-corrected chi connectivity index (χ4v) is 6.75. The van der Waals surface area contributed by atoms with Crippen molar-refractivity contribution in [3.05, 3.63) is 119 Å². The first kappa shape index (κ1) is 30.8. The van der Waals surface area contributed by atoms with Crippen molar-refractivity contribution < 1.29 is 9.53 Å². The van der Waals surface area contributed by atoms with Crippen LogP contribution >= 0.6 is 0 Å². The van der Waals surface area contributed by atoms with Crippen LogP contribution in [0.5, 0.6) is 0 Å². The molecule has 2 aromatic carbocycles. The molecule has 6 rings (SSSR count). The minimum absolute atomic E-state index is 0.127. The fraction of sp³-hybridized carbons (Fsp3) is 0.333. The van der Waals surface area contributed by atoms with Crippen LogP contribution in [-0.4, -0.2) is 45.0 Å². The quantitative estimate of drug-likeness (QED) is 0.115. The van der Waals surface area contributed by atoms with Gasteiger partial charge in [-0.1, -0.05) is 56.0 Å². The summed E-state index contributed by atoms with van der Waals surface area (Å²) in [4.78, 5) is 29.9. The summed E-state index contributed by atoms with van der Waals surface area (Å²) in [5, 5.41) is 2.91. The molecule has 0 fully saturated rings. The lowest BCUT2D eigenvalue weighted by Crippen LogP contribution is -2.32. The molecule has 0 spiro atoms. The molecular formula is C36H42N6O2Si. The van der Waals surface area contributed by atoms with Crippen molar-refractivity contribution in [2.45, 2.75) is 70.8 Å². The van der Waals surface area contributed by atoms with E-state index in [-0.39, 0.29) is 11.9 Å². The number of nitrogens with zero attached hydrogens (tertiary/aromatic N) is 5. The van der Waals surface area contributed by atoms with Crippen LogP contribution in [0.1, 0.15) is 51.9 Å².